The summed E-state index contributed by atoms with van der Waals surface area (Å²) >= 11 is 0. The number of benzene rings is 1. The Morgan fingerprint density at radius 2 is 2.00 bits per heavy atom. The second kappa shape index (κ2) is 8.67. The number of rotatable bonds is 3. The van der Waals surface area contributed by atoms with Crippen molar-refractivity contribution in [2.75, 3.05) is 18.5 Å². The fourth-order valence-electron chi connectivity index (χ4n) is 2.09. The number of anilines is 1. The van der Waals surface area contributed by atoms with Gasteiger partial charge in [-0.25, -0.2) is 9.38 Å². The monoisotopic (exact) mass is 444 g/mol. The number of pyridine rings is 1. The van der Waals surface area contributed by atoms with E-state index in [9.17, 15) is 4.39 Å². The van der Waals surface area contributed by atoms with Gasteiger partial charge in [0.1, 0.15) is 5.82 Å². The number of nitrogens with zero attached hydrogens (tertiary/aromatic N) is 2. The van der Waals surface area contributed by atoms with Gasteiger partial charge in [-0.15, -0.1) is 24.0 Å². The standard InChI is InChI=1S/C16H17FN4O2.HI/c17-11-2-3-13(19-9-11)10-20-16(18)21-12-4-5-14-15(8-12)23-7-1-6-22-14;/h2-5,8-9H,1,6-7,10H2,(H3,18,20,21);1H. The van der Waals surface area contributed by atoms with Gasteiger partial charge in [0.05, 0.1) is 31.6 Å². The summed E-state index contributed by atoms with van der Waals surface area (Å²) in [7, 11) is 0. The molecule has 1 aliphatic heterocycles. The minimum absolute atomic E-state index is 0. The van der Waals surface area contributed by atoms with E-state index in [1.807, 2.05) is 18.2 Å². The van der Waals surface area contributed by atoms with Gasteiger partial charge in [-0.1, -0.05) is 0 Å². The fourth-order valence-corrected chi connectivity index (χ4v) is 2.09. The number of aliphatic imine (C=N–C) groups is 1. The summed E-state index contributed by atoms with van der Waals surface area (Å²) in [6.07, 6.45) is 2.00. The first kappa shape index (κ1) is 18.2. The van der Waals surface area contributed by atoms with Crippen molar-refractivity contribution in [3.8, 4) is 11.5 Å². The lowest BCUT2D eigenvalue weighted by Gasteiger charge is -2.10. The summed E-state index contributed by atoms with van der Waals surface area (Å²) in [5.74, 6) is 1.27. The predicted molar refractivity (Wildman–Crippen MR) is 101 cm³/mol. The number of ether oxygens (including phenoxy) is 2. The lowest BCUT2D eigenvalue weighted by atomic mass is 10.3. The Labute approximate surface area is 156 Å². The van der Waals surface area contributed by atoms with Gasteiger partial charge in [0.25, 0.3) is 0 Å². The molecule has 2 heterocycles. The Morgan fingerprint density at radius 1 is 1.21 bits per heavy atom. The molecule has 6 nitrogen and oxygen atoms in total. The maximum Gasteiger partial charge on any atom is 0.193 e. The molecule has 128 valence electrons. The lowest BCUT2D eigenvalue weighted by Crippen LogP contribution is -2.22. The van der Waals surface area contributed by atoms with Gasteiger partial charge in [0, 0.05) is 18.2 Å². The normalized spacial score (nSPS) is 13.6. The van der Waals surface area contributed by atoms with Gasteiger partial charge in [0.2, 0.25) is 0 Å². The van der Waals surface area contributed by atoms with Gasteiger partial charge in [-0.2, -0.15) is 0 Å². The van der Waals surface area contributed by atoms with Crippen LogP contribution in [0.5, 0.6) is 11.5 Å². The minimum atomic E-state index is -0.379. The van der Waals surface area contributed by atoms with E-state index in [1.54, 1.807) is 6.07 Å². The zero-order valence-corrected chi connectivity index (χ0v) is 15.2. The van der Waals surface area contributed by atoms with Crippen LogP contribution in [0.4, 0.5) is 10.1 Å². The number of nitrogens with two attached hydrogens (primary N) is 1. The van der Waals surface area contributed by atoms with Crippen LogP contribution in [-0.4, -0.2) is 24.2 Å². The van der Waals surface area contributed by atoms with Crippen molar-refractivity contribution < 1.29 is 13.9 Å². The number of guanidine groups is 1. The van der Waals surface area contributed by atoms with E-state index in [-0.39, 0.29) is 42.3 Å². The Bertz CT molecular complexity index is 710. The summed E-state index contributed by atoms with van der Waals surface area (Å²) in [5, 5.41) is 2.98. The van der Waals surface area contributed by atoms with Crippen molar-refractivity contribution in [2.45, 2.75) is 13.0 Å². The maximum absolute atomic E-state index is 12.8. The molecule has 0 atom stereocenters. The molecule has 0 saturated carbocycles. The first-order valence-electron chi connectivity index (χ1n) is 7.28. The molecule has 1 aromatic heterocycles. The number of hydrogen-bond donors (Lipinski definition) is 2. The van der Waals surface area contributed by atoms with Crippen LogP contribution in [0.25, 0.3) is 0 Å². The third-order valence-corrected chi connectivity index (χ3v) is 3.22. The van der Waals surface area contributed by atoms with Crippen LogP contribution in [0, 0.1) is 5.82 Å². The Balaban J connectivity index is 0.00000208. The molecule has 3 rings (SSSR count). The van der Waals surface area contributed by atoms with Crippen LogP contribution in [0.3, 0.4) is 0 Å². The van der Waals surface area contributed by atoms with Crippen molar-refractivity contribution in [2.24, 2.45) is 10.7 Å². The number of aromatic nitrogens is 1. The van der Waals surface area contributed by atoms with Gasteiger partial charge >= 0.3 is 0 Å². The maximum atomic E-state index is 12.8. The van der Waals surface area contributed by atoms with E-state index in [0.29, 0.717) is 24.7 Å². The smallest absolute Gasteiger partial charge is 0.193 e. The third-order valence-electron chi connectivity index (χ3n) is 3.22. The average molecular weight is 444 g/mol. The first-order chi connectivity index (χ1) is 11.2. The van der Waals surface area contributed by atoms with E-state index in [4.69, 9.17) is 15.2 Å². The molecule has 0 bridgehead atoms. The SMILES string of the molecule is I.NC(=NCc1ccc(F)cn1)Nc1ccc2c(c1)OCCCO2. The van der Waals surface area contributed by atoms with Crippen molar-refractivity contribution in [3.63, 3.8) is 0 Å². The second-order valence-corrected chi connectivity index (χ2v) is 5.01. The van der Waals surface area contributed by atoms with Crippen molar-refractivity contribution in [1.82, 2.24) is 4.98 Å². The van der Waals surface area contributed by atoms with E-state index >= 15 is 0 Å². The fraction of sp³-hybridized carbons (Fsp3) is 0.250. The van der Waals surface area contributed by atoms with Crippen LogP contribution in [0.1, 0.15) is 12.1 Å². The number of hydrogen-bond acceptors (Lipinski definition) is 4. The summed E-state index contributed by atoms with van der Waals surface area (Å²) in [6.45, 7) is 1.54. The molecule has 0 amide bonds. The molecule has 2 aromatic rings. The molecule has 1 aromatic carbocycles. The van der Waals surface area contributed by atoms with Gasteiger partial charge in [-0.05, 0) is 24.3 Å². The van der Waals surface area contributed by atoms with Crippen LogP contribution in [0.2, 0.25) is 0 Å². The summed E-state index contributed by atoms with van der Waals surface area (Å²) in [5.41, 5.74) is 7.24. The predicted octanol–water partition coefficient (Wildman–Crippen LogP) is 2.93. The zero-order chi connectivity index (χ0) is 16.1. The molecule has 1 aliphatic rings. The minimum Gasteiger partial charge on any atom is -0.490 e. The molecule has 0 radical (unpaired) electrons. The summed E-state index contributed by atoms with van der Waals surface area (Å²) in [4.78, 5) is 8.10. The van der Waals surface area contributed by atoms with Crippen LogP contribution in [0.15, 0.2) is 41.5 Å². The third kappa shape index (κ3) is 4.95. The summed E-state index contributed by atoms with van der Waals surface area (Å²) < 4.78 is 24.0. The van der Waals surface area contributed by atoms with Gasteiger partial charge < -0.3 is 20.5 Å². The van der Waals surface area contributed by atoms with E-state index in [0.717, 1.165) is 24.1 Å². The van der Waals surface area contributed by atoms with E-state index < -0.39 is 0 Å². The molecular formula is C16H18FIN4O2. The number of fused-ring (bicyclic) bond motifs is 1. The molecular weight excluding hydrogens is 426 g/mol. The number of halogens is 2. The van der Waals surface area contributed by atoms with E-state index in [2.05, 4.69) is 15.3 Å². The second-order valence-electron chi connectivity index (χ2n) is 5.01. The number of nitrogens with one attached hydrogen (secondary N) is 1. The van der Waals surface area contributed by atoms with Crippen molar-refractivity contribution in [1.29, 1.82) is 0 Å². The highest BCUT2D eigenvalue weighted by molar-refractivity contribution is 14.0. The van der Waals surface area contributed by atoms with E-state index in [1.165, 1.54) is 6.07 Å². The lowest BCUT2D eigenvalue weighted by molar-refractivity contribution is 0.297. The molecule has 8 heteroatoms. The largest absolute Gasteiger partial charge is 0.490 e. The first-order valence-corrected chi connectivity index (χ1v) is 7.28. The highest BCUT2D eigenvalue weighted by Crippen LogP contribution is 2.32. The van der Waals surface area contributed by atoms with Gasteiger partial charge in [0.15, 0.2) is 17.5 Å². The molecule has 0 unspecified atom stereocenters. The molecule has 0 fully saturated rings. The van der Waals surface area contributed by atoms with Crippen molar-refractivity contribution >= 4 is 35.6 Å². The average Bonchev–Trinajstić information content (AvgIpc) is 2.79. The molecule has 0 spiro atoms. The highest BCUT2D eigenvalue weighted by atomic mass is 127. The summed E-state index contributed by atoms with van der Waals surface area (Å²) in [6, 6.07) is 8.40. The molecule has 24 heavy (non-hydrogen) atoms. The molecule has 3 N–H and O–H groups in total. The van der Waals surface area contributed by atoms with Crippen LogP contribution < -0.4 is 20.5 Å². The molecule has 0 aliphatic carbocycles. The Morgan fingerprint density at radius 3 is 2.75 bits per heavy atom. The Hall–Kier alpha value is -2.10. The van der Waals surface area contributed by atoms with Crippen LogP contribution >= 0.6 is 24.0 Å². The molecule has 0 saturated heterocycles. The quantitative estimate of drug-likeness (QED) is 0.433. The Kier molecular flexibility index (Phi) is 6.59. The van der Waals surface area contributed by atoms with Crippen LogP contribution in [-0.2, 0) is 6.54 Å². The van der Waals surface area contributed by atoms with Gasteiger partial charge in [-0.3, -0.25) is 4.98 Å². The zero-order valence-electron chi connectivity index (χ0n) is 12.9. The topological polar surface area (TPSA) is 81.8 Å². The van der Waals surface area contributed by atoms with Crippen molar-refractivity contribution in [3.05, 3.63) is 48.0 Å². The highest BCUT2D eigenvalue weighted by Gasteiger charge is 2.10.